The zero-order valence-corrected chi connectivity index (χ0v) is 19.7. The number of carbonyl (C=O) groups excluding carboxylic acids is 1. The van der Waals surface area contributed by atoms with Crippen LogP contribution in [0.4, 0.5) is 0 Å². The van der Waals surface area contributed by atoms with Crippen LogP contribution in [0.3, 0.4) is 0 Å². The van der Waals surface area contributed by atoms with Gasteiger partial charge in [0.25, 0.3) is 0 Å². The molecule has 0 radical (unpaired) electrons. The number of H-pyrrole nitrogens is 1. The average Bonchev–Trinajstić information content (AvgIpc) is 3.30. The molecule has 0 bridgehead atoms. The molecular weight excluding hydrogens is 426 g/mol. The fraction of sp³-hybridized carbons (Fsp3) is 0.321. The Morgan fingerprint density at radius 3 is 2.85 bits per heavy atom. The second kappa shape index (κ2) is 11.6. The number of rotatable bonds is 9. The number of allylic oxidation sites excluding steroid dienone is 2. The molecule has 34 heavy (non-hydrogen) atoms. The fourth-order valence-corrected chi connectivity index (χ4v) is 4.58. The van der Waals surface area contributed by atoms with E-state index in [9.17, 15) is 9.90 Å². The third kappa shape index (κ3) is 6.08. The highest BCUT2D eigenvalue weighted by molar-refractivity contribution is 5.87. The molecule has 6 nitrogen and oxygen atoms in total. The lowest BCUT2D eigenvalue weighted by Gasteiger charge is -2.32. The molecule has 0 unspecified atom stereocenters. The standard InChI is InChI=1S/C28H33N3O3/c1-34-27-19-21(11-12-26(27)32)7-2-5-10-28(33)29-15-6-16-31-17-13-22(14-18-31)24-20-30-25-9-4-3-8-23(24)25/h2-5,7-12,19-20,22,30,32H,6,13-18H2,1H3,(H,29,33). The molecule has 6 heteroatoms. The normalized spacial score (nSPS) is 15.4. The number of piperidine rings is 1. The number of aromatic nitrogens is 1. The van der Waals surface area contributed by atoms with E-state index in [0.29, 0.717) is 18.2 Å². The zero-order valence-electron chi connectivity index (χ0n) is 19.7. The van der Waals surface area contributed by atoms with Crippen molar-refractivity contribution in [3.05, 3.63) is 78.0 Å². The molecule has 2 heterocycles. The first-order valence-corrected chi connectivity index (χ1v) is 11.9. The smallest absolute Gasteiger partial charge is 0.243 e. The van der Waals surface area contributed by atoms with E-state index in [0.717, 1.165) is 31.6 Å². The number of phenols is 1. The predicted octanol–water partition coefficient (Wildman–Crippen LogP) is 4.84. The summed E-state index contributed by atoms with van der Waals surface area (Å²) in [7, 11) is 1.51. The summed E-state index contributed by atoms with van der Waals surface area (Å²) in [6.07, 6.45) is 12.4. The number of hydrogen-bond acceptors (Lipinski definition) is 4. The largest absolute Gasteiger partial charge is 0.504 e. The molecule has 4 rings (SSSR count). The number of fused-ring (bicyclic) bond motifs is 1. The predicted molar refractivity (Wildman–Crippen MR) is 137 cm³/mol. The lowest BCUT2D eigenvalue weighted by Crippen LogP contribution is -2.35. The highest BCUT2D eigenvalue weighted by Crippen LogP contribution is 2.33. The third-order valence-corrected chi connectivity index (χ3v) is 6.45. The van der Waals surface area contributed by atoms with Gasteiger partial charge in [0, 0.05) is 29.7 Å². The molecule has 2 aromatic carbocycles. The summed E-state index contributed by atoms with van der Waals surface area (Å²) in [5.74, 6) is 1.05. The Hall–Kier alpha value is -3.51. The summed E-state index contributed by atoms with van der Waals surface area (Å²) >= 11 is 0. The summed E-state index contributed by atoms with van der Waals surface area (Å²) in [4.78, 5) is 17.9. The Morgan fingerprint density at radius 2 is 2.03 bits per heavy atom. The van der Waals surface area contributed by atoms with Crippen LogP contribution in [-0.2, 0) is 4.79 Å². The Morgan fingerprint density at radius 1 is 1.21 bits per heavy atom. The van der Waals surface area contributed by atoms with Crippen LogP contribution in [0.5, 0.6) is 11.5 Å². The lowest BCUT2D eigenvalue weighted by molar-refractivity contribution is -0.116. The molecule has 178 valence electrons. The first-order chi connectivity index (χ1) is 16.6. The van der Waals surface area contributed by atoms with E-state index in [2.05, 4.69) is 45.7 Å². The number of aromatic amines is 1. The number of hydrogen-bond donors (Lipinski definition) is 3. The fourth-order valence-electron chi connectivity index (χ4n) is 4.58. The molecule has 0 atom stereocenters. The molecule has 0 spiro atoms. The van der Waals surface area contributed by atoms with Crippen molar-refractivity contribution in [1.82, 2.24) is 15.2 Å². The molecule has 1 amide bonds. The Kier molecular flexibility index (Phi) is 8.04. The lowest BCUT2D eigenvalue weighted by atomic mass is 9.89. The van der Waals surface area contributed by atoms with Crippen LogP contribution in [0.15, 0.2) is 66.9 Å². The van der Waals surface area contributed by atoms with Gasteiger partial charge in [0.2, 0.25) is 5.91 Å². The second-order valence-electron chi connectivity index (χ2n) is 8.70. The van der Waals surface area contributed by atoms with Gasteiger partial charge in [0.05, 0.1) is 7.11 Å². The number of para-hydroxylation sites is 1. The van der Waals surface area contributed by atoms with Crippen LogP contribution in [0.2, 0.25) is 0 Å². The van der Waals surface area contributed by atoms with E-state index in [1.807, 2.05) is 6.08 Å². The van der Waals surface area contributed by atoms with Crippen molar-refractivity contribution in [3.63, 3.8) is 0 Å². The number of amides is 1. The second-order valence-corrected chi connectivity index (χ2v) is 8.70. The van der Waals surface area contributed by atoms with Gasteiger partial charge < -0.3 is 25.0 Å². The number of carbonyl (C=O) groups is 1. The van der Waals surface area contributed by atoms with Crippen molar-refractivity contribution in [3.8, 4) is 11.5 Å². The third-order valence-electron chi connectivity index (χ3n) is 6.45. The molecule has 0 aliphatic carbocycles. The number of nitrogens with zero attached hydrogens (tertiary/aromatic N) is 1. The average molecular weight is 460 g/mol. The summed E-state index contributed by atoms with van der Waals surface area (Å²) in [6, 6.07) is 13.6. The molecule has 3 N–H and O–H groups in total. The van der Waals surface area contributed by atoms with Gasteiger partial charge in [-0.25, -0.2) is 0 Å². The maximum Gasteiger partial charge on any atom is 0.243 e. The van der Waals surface area contributed by atoms with E-state index in [-0.39, 0.29) is 11.7 Å². The van der Waals surface area contributed by atoms with Gasteiger partial charge in [0.15, 0.2) is 11.5 Å². The highest BCUT2D eigenvalue weighted by Gasteiger charge is 2.22. The van der Waals surface area contributed by atoms with Gasteiger partial charge in [-0.3, -0.25) is 4.79 Å². The minimum absolute atomic E-state index is 0.0917. The van der Waals surface area contributed by atoms with Crippen LogP contribution in [0.25, 0.3) is 17.0 Å². The number of nitrogens with one attached hydrogen (secondary N) is 2. The first kappa shape index (κ1) is 23.6. The van der Waals surface area contributed by atoms with Gasteiger partial charge in [-0.15, -0.1) is 0 Å². The van der Waals surface area contributed by atoms with E-state index in [1.54, 1.807) is 30.4 Å². The van der Waals surface area contributed by atoms with Crippen molar-refractivity contribution in [2.45, 2.75) is 25.2 Å². The van der Waals surface area contributed by atoms with E-state index in [1.165, 1.54) is 42.5 Å². The molecular formula is C28H33N3O3. The first-order valence-electron chi connectivity index (χ1n) is 11.9. The van der Waals surface area contributed by atoms with Gasteiger partial charge in [-0.05, 0) is 74.1 Å². The van der Waals surface area contributed by atoms with Gasteiger partial charge in [-0.1, -0.05) is 42.5 Å². The van der Waals surface area contributed by atoms with Gasteiger partial charge in [0.1, 0.15) is 0 Å². The quantitative estimate of drug-likeness (QED) is 0.243. The Bertz CT molecular complexity index is 1160. The minimum Gasteiger partial charge on any atom is -0.504 e. The molecule has 1 fully saturated rings. The number of likely N-dealkylation sites (tertiary alicyclic amines) is 1. The number of aromatic hydroxyl groups is 1. The maximum atomic E-state index is 12.0. The number of ether oxygens (including phenoxy) is 1. The van der Waals surface area contributed by atoms with E-state index in [4.69, 9.17) is 4.74 Å². The summed E-state index contributed by atoms with van der Waals surface area (Å²) in [6.45, 7) is 3.88. The molecule has 0 saturated carbocycles. The molecule has 1 aromatic heterocycles. The number of methoxy groups -OCH3 is 1. The van der Waals surface area contributed by atoms with E-state index >= 15 is 0 Å². The highest BCUT2D eigenvalue weighted by atomic mass is 16.5. The van der Waals surface area contributed by atoms with Crippen LogP contribution in [0.1, 0.15) is 36.3 Å². The SMILES string of the molecule is COc1cc(C=CC=CC(=O)NCCCN2CCC(c3c[nH]c4ccccc34)CC2)ccc1O. The molecule has 1 aliphatic heterocycles. The molecule has 1 saturated heterocycles. The maximum absolute atomic E-state index is 12.0. The number of phenolic OH excluding ortho intramolecular Hbond substituents is 1. The van der Waals surface area contributed by atoms with Crippen LogP contribution >= 0.6 is 0 Å². The van der Waals surface area contributed by atoms with Crippen molar-refractivity contribution in [2.75, 3.05) is 33.3 Å². The van der Waals surface area contributed by atoms with Crippen LogP contribution < -0.4 is 10.1 Å². The van der Waals surface area contributed by atoms with Gasteiger partial charge >= 0.3 is 0 Å². The summed E-state index contributed by atoms with van der Waals surface area (Å²) in [5.41, 5.74) is 3.56. The summed E-state index contributed by atoms with van der Waals surface area (Å²) in [5, 5.41) is 13.9. The van der Waals surface area contributed by atoms with Crippen molar-refractivity contribution >= 4 is 22.9 Å². The van der Waals surface area contributed by atoms with Crippen molar-refractivity contribution in [1.29, 1.82) is 0 Å². The minimum atomic E-state index is -0.0917. The number of benzene rings is 2. The van der Waals surface area contributed by atoms with Crippen molar-refractivity contribution < 1.29 is 14.6 Å². The van der Waals surface area contributed by atoms with Crippen LogP contribution in [-0.4, -0.2) is 54.2 Å². The molecule has 1 aliphatic rings. The Balaban J connectivity index is 1.13. The zero-order chi connectivity index (χ0) is 23.8. The Labute approximate surface area is 200 Å². The van der Waals surface area contributed by atoms with Gasteiger partial charge in [-0.2, -0.15) is 0 Å². The monoisotopic (exact) mass is 459 g/mol. The van der Waals surface area contributed by atoms with E-state index < -0.39 is 0 Å². The van der Waals surface area contributed by atoms with Crippen LogP contribution in [0, 0.1) is 0 Å². The van der Waals surface area contributed by atoms with Crippen molar-refractivity contribution in [2.24, 2.45) is 0 Å². The molecule has 3 aromatic rings. The topological polar surface area (TPSA) is 77.6 Å². The summed E-state index contributed by atoms with van der Waals surface area (Å²) < 4.78 is 5.10.